The van der Waals surface area contributed by atoms with E-state index in [0.29, 0.717) is 18.8 Å². The van der Waals surface area contributed by atoms with Gasteiger partial charge in [0.25, 0.3) is 0 Å². The average Bonchev–Trinajstić information content (AvgIpc) is 2.91. The van der Waals surface area contributed by atoms with Crippen molar-refractivity contribution < 1.29 is 33.0 Å². The zero-order chi connectivity index (χ0) is 28.4. The number of aliphatic hydroxyl groups is 1. The highest BCUT2D eigenvalue weighted by Crippen LogP contribution is 2.21. The number of hydrogen-bond donors (Lipinski definition) is 4. The Morgan fingerprint density at radius 3 is 2.46 bits per heavy atom. The number of nitrogens with zero attached hydrogens (tertiary/aromatic N) is 2. The molecule has 39 heavy (non-hydrogen) atoms. The fourth-order valence-electron chi connectivity index (χ4n) is 4.35. The maximum atomic E-state index is 13.5. The lowest BCUT2D eigenvalue weighted by molar-refractivity contribution is -0.0492. The number of anilines is 1. The van der Waals surface area contributed by atoms with Crippen LogP contribution in [0.25, 0.3) is 0 Å². The van der Waals surface area contributed by atoms with Crippen molar-refractivity contribution >= 4 is 21.8 Å². The molecular formula is C27H40N4O7S. The second-order valence-corrected chi connectivity index (χ2v) is 12.2. The van der Waals surface area contributed by atoms with Gasteiger partial charge in [0.05, 0.1) is 29.3 Å². The van der Waals surface area contributed by atoms with E-state index in [1.165, 1.54) is 28.6 Å². The van der Waals surface area contributed by atoms with E-state index in [2.05, 4.69) is 10.2 Å². The minimum absolute atomic E-state index is 0.0236. The van der Waals surface area contributed by atoms with Crippen LogP contribution in [0.1, 0.15) is 19.4 Å². The van der Waals surface area contributed by atoms with Gasteiger partial charge in [-0.05, 0) is 49.2 Å². The van der Waals surface area contributed by atoms with Crippen LogP contribution in [0.2, 0.25) is 0 Å². The summed E-state index contributed by atoms with van der Waals surface area (Å²) in [6.07, 6.45) is -1.92. The number of aliphatic hydroxyl groups excluding tert-OH is 1. The molecular weight excluding hydrogens is 524 g/mol. The number of likely N-dealkylation sites (N-methyl/N-ethyl adjacent to an activating group) is 1. The first kappa shape index (κ1) is 30.8. The van der Waals surface area contributed by atoms with E-state index in [0.717, 1.165) is 12.1 Å². The lowest BCUT2D eigenvalue weighted by Crippen LogP contribution is -2.51. The summed E-state index contributed by atoms with van der Waals surface area (Å²) in [5, 5.41) is 23.1. The topological polar surface area (TPSA) is 141 Å². The molecule has 0 saturated carbocycles. The Balaban J connectivity index is 1.75. The van der Waals surface area contributed by atoms with Gasteiger partial charge in [-0.2, -0.15) is 4.31 Å². The smallest absolute Gasteiger partial charge is 0.407 e. The Morgan fingerprint density at radius 2 is 1.85 bits per heavy atom. The summed E-state index contributed by atoms with van der Waals surface area (Å²) in [5.41, 5.74) is 3.19. The lowest BCUT2D eigenvalue weighted by atomic mass is 10.0. The third-order valence-electron chi connectivity index (χ3n) is 6.39. The lowest BCUT2D eigenvalue weighted by Gasteiger charge is -2.31. The summed E-state index contributed by atoms with van der Waals surface area (Å²) in [6.45, 7) is 5.76. The molecule has 0 aliphatic carbocycles. The minimum Gasteiger partial charge on any atom is -0.447 e. The average molecular weight is 565 g/mol. The molecule has 2 aromatic rings. The van der Waals surface area contributed by atoms with Gasteiger partial charge in [0, 0.05) is 26.2 Å². The Bertz CT molecular complexity index is 1130. The number of carbonyl (C=O) groups excluding carboxylic acids is 1. The van der Waals surface area contributed by atoms with Gasteiger partial charge in [-0.15, -0.1) is 0 Å². The first-order chi connectivity index (χ1) is 18.6. The molecule has 1 aliphatic rings. The SMILES string of the molecule is CC(C)CN(C[C@@H](O)[C@H](Cc1ccccc1)NC(=O)OC[C@H]1CN(C)CCO1)S(=O)(=O)c1ccc(NO)cc1. The second-order valence-electron chi connectivity index (χ2n) is 10.2. The van der Waals surface area contributed by atoms with Gasteiger partial charge in [0.2, 0.25) is 10.0 Å². The molecule has 3 rings (SSSR count). The summed E-state index contributed by atoms with van der Waals surface area (Å²) >= 11 is 0. The van der Waals surface area contributed by atoms with Crippen molar-refractivity contribution in [2.75, 3.05) is 51.9 Å². The van der Waals surface area contributed by atoms with Crippen LogP contribution in [-0.4, -0.2) is 98.7 Å². The van der Waals surface area contributed by atoms with Crippen molar-refractivity contribution in [3.63, 3.8) is 0 Å². The molecule has 0 radical (unpaired) electrons. The predicted molar refractivity (Wildman–Crippen MR) is 147 cm³/mol. The molecule has 1 aliphatic heterocycles. The quantitative estimate of drug-likeness (QED) is 0.269. The first-order valence-electron chi connectivity index (χ1n) is 13.0. The van der Waals surface area contributed by atoms with Crippen LogP contribution in [0.5, 0.6) is 0 Å². The van der Waals surface area contributed by atoms with Gasteiger partial charge in [-0.3, -0.25) is 10.7 Å². The summed E-state index contributed by atoms with van der Waals surface area (Å²) in [4.78, 5) is 14.9. The summed E-state index contributed by atoms with van der Waals surface area (Å²) in [5.74, 6) is -0.0236. The van der Waals surface area contributed by atoms with Gasteiger partial charge in [-0.25, -0.2) is 13.2 Å². The molecule has 1 fully saturated rings. The monoisotopic (exact) mass is 564 g/mol. The van der Waals surface area contributed by atoms with Crippen LogP contribution in [0, 0.1) is 5.92 Å². The highest BCUT2D eigenvalue weighted by molar-refractivity contribution is 7.89. The molecule has 4 N–H and O–H groups in total. The number of hydrogen-bond acceptors (Lipinski definition) is 9. The van der Waals surface area contributed by atoms with E-state index < -0.39 is 28.3 Å². The van der Waals surface area contributed by atoms with E-state index in [1.807, 2.05) is 56.7 Å². The Hall–Kier alpha value is -2.74. The Kier molecular flexibility index (Phi) is 11.5. The molecule has 12 heteroatoms. The number of carbonyl (C=O) groups is 1. The van der Waals surface area contributed by atoms with Gasteiger partial charge in [-0.1, -0.05) is 44.2 Å². The number of amides is 1. The molecule has 0 aromatic heterocycles. The molecule has 1 heterocycles. The number of rotatable bonds is 13. The van der Waals surface area contributed by atoms with E-state index >= 15 is 0 Å². The van der Waals surface area contributed by atoms with Crippen LogP contribution < -0.4 is 10.8 Å². The zero-order valence-corrected chi connectivity index (χ0v) is 23.5. The van der Waals surface area contributed by atoms with Gasteiger partial charge < -0.3 is 24.8 Å². The standard InChI is InChI=1S/C27H40N4O7S/c1-20(2)16-31(39(35,36)24-11-9-22(29-34)10-12-24)18-26(32)25(15-21-7-5-4-6-8-21)28-27(33)38-19-23-17-30(3)13-14-37-23/h4-12,20,23,25-26,29,32,34H,13-19H2,1-3H3,(H,28,33)/t23-,25+,26-/m1/s1. The van der Waals surface area contributed by atoms with Crippen molar-refractivity contribution in [1.82, 2.24) is 14.5 Å². The largest absolute Gasteiger partial charge is 0.447 e. The molecule has 0 unspecified atom stereocenters. The molecule has 0 spiro atoms. The number of sulfonamides is 1. The van der Waals surface area contributed by atoms with Crippen molar-refractivity contribution in [1.29, 1.82) is 0 Å². The molecule has 1 saturated heterocycles. The number of morpholine rings is 1. The highest BCUT2D eigenvalue weighted by atomic mass is 32.2. The van der Waals surface area contributed by atoms with Crippen molar-refractivity contribution in [2.45, 2.75) is 43.4 Å². The fourth-order valence-corrected chi connectivity index (χ4v) is 5.97. The van der Waals surface area contributed by atoms with Gasteiger partial charge in [0.15, 0.2) is 0 Å². The van der Waals surface area contributed by atoms with E-state index in [-0.39, 0.29) is 43.0 Å². The van der Waals surface area contributed by atoms with Crippen LogP contribution >= 0.6 is 0 Å². The Morgan fingerprint density at radius 1 is 1.15 bits per heavy atom. The third-order valence-corrected chi connectivity index (χ3v) is 8.23. The molecule has 1 amide bonds. The summed E-state index contributed by atoms with van der Waals surface area (Å²) in [7, 11) is -2.01. The molecule has 2 aromatic carbocycles. The minimum atomic E-state index is -3.98. The van der Waals surface area contributed by atoms with Crippen molar-refractivity contribution in [3.05, 3.63) is 60.2 Å². The number of nitrogens with one attached hydrogen (secondary N) is 2. The zero-order valence-electron chi connectivity index (χ0n) is 22.7. The van der Waals surface area contributed by atoms with E-state index in [9.17, 15) is 18.3 Å². The first-order valence-corrected chi connectivity index (χ1v) is 14.5. The molecule has 216 valence electrons. The van der Waals surface area contributed by atoms with E-state index in [4.69, 9.17) is 14.7 Å². The Labute approximate surface area is 230 Å². The fraction of sp³-hybridized carbons (Fsp3) is 0.519. The van der Waals surface area contributed by atoms with Crippen molar-refractivity contribution in [2.24, 2.45) is 5.92 Å². The highest BCUT2D eigenvalue weighted by Gasteiger charge is 2.32. The molecule has 11 nitrogen and oxygen atoms in total. The van der Waals surface area contributed by atoms with E-state index in [1.54, 1.807) is 0 Å². The maximum absolute atomic E-state index is 13.5. The number of ether oxygens (including phenoxy) is 2. The number of benzene rings is 2. The second kappa shape index (κ2) is 14.6. The van der Waals surface area contributed by atoms with Gasteiger partial charge in [0.1, 0.15) is 12.7 Å². The maximum Gasteiger partial charge on any atom is 0.407 e. The van der Waals surface area contributed by atoms with Crippen LogP contribution in [-0.2, 0) is 25.9 Å². The third kappa shape index (κ3) is 9.45. The van der Waals surface area contributed by atoms with Gasteiger partial charge >= 0.3 is 6.09 Å². The number of alkyl carbamates (subject to hydrolysis) is 1. The normalized spacial score (nSPS) is 18.1. The molecule has 3 atom stereocenters. The van der Waals surface area contributed by atoms with Crippen LogP contribution in [0.4, 0.5) is 10.5 Å². The summed E-state index contributed by atoms with van der Waals surface area (Å²) < 4.78 is 39.3. The predicted octanol–water partition coefficient (Wildman–Crippen LogP) is 2.16. The molecule has 0 bridgehead atoms. The van der Waals surface area contributed by atoms with Crippen LogP contribution in [0.15, 0.2) is 59.5 Å². The van der Waals surface area contributed by atoms with Crippen molar-refractivity contribution in [3.8, 4) is 0 Å². The summed E-state index contributed by atoms with van der Waals surface area (Å²) in [6, 6.07) is 14.2. The van der Waals surface area contributed by atoms with Crippen LogP contribution in [0.3, 0.4) is 0 Å².